The average Bonchev–Trinajstić information content (AvgIpc) is 2.43. The molecule has 0 N–H and O–H groups in total. The second-order valence-corrected chi connectivity index (χ2v) is 3.41. The number of aryl methyl sites for hydroxylation is 2. The summed E-state index contributed by atoms with van der Waals surface area (Å²) in [6.45, 7) is 1.87. The monoisotopic (exact) mass is 209 g/mol. The summed E-state index contributed by atoms with van der Waals surface area (Å²) in [5.74, 6) is 0.839. The van der Waals surface area contributed by atoms with E-state index in [4.69, 9.17) is 11.6 Å². The zero-order chi connectivity index (χ0) is 10.3. The Hall–Kier alpha value is -1.42. The molecule has 14 heavy (non-hydrogen) atoms. The Bertz CT molecular complexity index is 518. The van der Waals surface area contributed by atoms with E-state index in [1.165, 1.54) is 0 Å². The fourth-order valence-corrected chi connectivity index (χ4v) is 1.48. The highest BCUT2D eigenvalue weighted by Crippen LogP contribution is 2.18. The number of carbonyl (C=O) groups excluding carboxylic acids is 1. The van der Waals surface area contributed by atoms with Gasteiger partial charge in [-0.2, -0.15) is 0 Å². The standard InChI is InChI=1S/C9H8ClN3O/c1-5-11-7-3-6(4-14)8(10)12-9(7)13(5)2/h3-4H,1-2H3. The molecule has 0 aliphatic rings. The maximum Gasteiger partial charge on any atom is 0.161 e. The Morgan fingerprint density at radius 2 is 2.21 bits per heavy atom. The molecule has 0 amide bonds. The molecule has 2 heterocycles. The average molecular weight is 210 g/mol. The lowest BCUT2D eigenvalue weighted by molar-refractivity contribution is 0.112. The summed E-state index contributed by atoms with van der Waals surface area (Å²) in [4.78, 5) is 19.0. The van der Waals surface area contributed by atoms with Crippen molar-refractivity contribution in [3.8, 4) is 0 Å². The van der Waals surface area contributed by atoms with E-state index in [0.717, 1.165) is 5.82 Å². The molecule has 0 aliphatic heterocycles. The van der Waals surface area contributed by atoms with E-state index in [9.17, 15) is 4.79 Å². The number of hydrogen-bond acceptors (Lipinski definition) is 3. The molecule has 0 radical (unpaired) electrons. The van der Waals surface area contributed by atoms with Crippen molar-refractivity contribution in [1.82, 2.24) is 14.5 Å². The lowest BCUT2D eigenvalue weighted by Gasteiger charge is -1.97. The van der Waals surface area contributed by atoms with Crippen molar-refractivity contribution in [2.75, 3.05) is 0 Å². The number of halogens is 1. The van der Waals surface area contributed by atoms with E-state index >= 15 is 0 Å². The molecule has 0 bridgehead atoms. The van der Waals surface area contributed by atoms with Crippen molar-refractivity contribution in [2.24, 2.45) is 7.05 Å². The summed E-state index contributed by atoms with van der Waals surface area (Å²) in [7, 11) is 1.86. The normalized spacial score (nSPS) is 10.8. The molecule has 0 fully saturated rings. The van der Waals surface area contributed by atoms with Crippen LogP contribution < -0.4 is 0 Å². The highest BCUT2D eigenvalue weighted by atomic mass is 35.5. The molecule has 2 aromatic heterocycles. The van der Waals surface area contributed by atoms with Gasteiger partial charge in [-0.1, -0.05) is 11.6 Å². The van der Waals surface area contributed by atoms with Crippen molar-refractivity contribution in [3.05, 3.63) is 22.6 Å². The molecule has 0 atom stereocenters. The van der Waals surface area contributed by atoms with Gasteiger partial charge in [0.25, 0.3) is 0 Å². The third kappa shape index (κ3) is 1.19. The van der Waals surface area contributed by atoms with E-state index in [1.807, 2.05) is 18.5 Å². The van der Waals surface area contributed by atoms with E-state index in [-0.39, 0.29) is 5.15 Å². The molecule has 0 unspecified atom stereocenters. The van der Waals surface area contributed by atoms with Gasteiger partial charge in [0.2, 0.25) is 0 Å². The second kappa shape index (κ2) is 3.06. The lowest BCUT2D eigenvalue weighted by atomic mass is 10.3. The van der Waals surface area contributed by atoms with Crippen LogP contribution in [0.1, 0.15) is 16.2 Å². The van der Waals surface area contributed by atoms with Gasteiger partial charge in [-0.25, -0.2) is 9.97 Å². The summed E-state index contributed by atoms with van der Waals surface area (Å²) >= 11 is 5.80. The van der Waals surface area contributed by atoms with Crippen LogP contribution in [-0.2, 0) is 7.05 Å². The number of hydrogen-bond donors (Lipinski definition) is 0. The molecule has 0 saturated carbocycles. The Kier molecular flexibility index (Phi) is 2.00. The molecule has 0 spiro atoms. The number of imidazole rings is 1. The van der Waals surface area contributed by atoms with Crippen LogP contribution >= 0.6 is 11.6 Å². The number of carbonyl (C=O) groups is 1. The summed E-state index contributed by atoms with van der Waals surface area (Å²) in [5.41, 5.74) is 1.76. The SMILES string of the molecule is Cc1nc2cc(C=O)c(Cl)nc2n1C. The van der Waals surface area contributed by atoms with Gasteiger partial charge in [-0.05, 0) is 13.0 Å². The first kappa shape index (κ1) is 9.15. The zero-order valence-corrected chi connectivity index (χ0v) is 8.54. The van der Waals surface area contributed by atoms with E-state index in [0.29, 0.717) is 23.0 Å². The third-order valence-electron chi connectivity index (χ3n) is 2.18. The summed E-state index contributed by atoms with van der Waals surface area (Å²) in [5, 5.41) is 0.218. The Labute approximate surface area is 85.5 Å². The van der Waals surface area contributed by atoms with Crippen LogP contribution in [0.2, 0.25) is 5.15 Å². The van der Waals surface area contributed by atoms with Crippen LogP contribution in [0.5, 0.6) is 0 Å². The second-order valence-electron chi connectivity index (χ2n) is 3.05. The predicted octanol–water partition coefficient (Wildman–Crippen LogP) is 1.74. The summed E-state index contributed by atoms with van der Waals surface area (Å²) in [6, 6.07) is 1.64. The molecule has 2 aromatic rings. The number of nitrogens with zero attached hydrogens (tertiary/aromatic N) is 3. The highest BCUT2D eigenvalue weighted by molar-refractivity contribution is 6.32. The molecular formula is C9H8ClN3O. The van der Waals surface area contributed by atoms with Crippen molar-refractivity contribution < 1.29 is 4.79 Å². The van der Waals surface area contributed by atoms with E-state index in [1.54, 1.807) is 6.07 Å². The maximum atomic E-state index is 10.6. The van der Waals surface area contributed by atoms with E-state index < -0.39 is 0 Å². The Morgan fingerprint density at radius 3 is 2.86 bits per heavy atom. The van der Waals surface area contributed by atoms with Gasteiger partial charge in [0, 0.05) is 7.05 Å². The smallest absolute Gasteiger partial charge is 0.161 e. The molecule has 2 rings (SSSR count). The van der Waals surface area contributed by atoms with E-state index in [2.05, 4.69) is 9.97 Å². The van der Waals surface area contributed by atoms with Gasteiger partial charge in [0.15, 0.2) is 11.9 Å². The van der Waals surface area contributed by atoms with Crippen molar-refractivity contribution in [1.29, 1.82) is 0 Å². The highest BCUT2D eigenvalue weighted by Gasteiger charge is 2.09. The van der Waals surface area contributed by atoms with Crippen molar-refractivity contribution in [3.63, 3.8) is 0 Å². The van der Waals surface area contributed by atoms with Gasteiger partial charge in [0.05, 0.1) is 5.56 Å². The fourth-order valence-electron chi connectivity index (χ4n) is 1.30. The molecule has 0 aliphatic carbocycles. The minimum absolute atomic E-state index is 0.218. The van der Waals surface area contributed by atoms with Crippen molar-refractivity contribution >= 4 is 29.1 Å². The van der Waals surface area contributed by atoms with Gasteiger partial charge >= 0.3 is 0 Å². The first-order valence-electron chi connectivity index (χ1n) is 4.08. The Morgan fingerprint density at radius 1 is 1.50 bits per heavy atom. The van der Waals surface area contributed by atoms with Crippen LogP contribution in [0, 0.1) is 6.92 Å². The van der Waals surface area contributed by atoms with Crippen LogP contribution in [0.15, 0.2) is 6.07 Å². The number of pyridine rings is 1. The molecule has 0 aromatic carbocycles. The Balaban J connectivity index is 2.85. The van der Waals surface area contributed by atoms with Crippen molar-refractivity contribution in [2.45, 2.75) is 6.92 Å². The molecule has 5 heteroatoms. The van der Waals surface area contributed by atoms with Crippen LogP contribution in [-0.4, -0.2) is 20.8 Å². The molecule has 0 saturated heterocycles. The quantitative estimate of drug-likeness (QED) is 0.531. The summed E-state index contributed by atoms with van der Waals surface area (Å²) in [6.07, 6.45) is 0.679. The number of rotatable bonds is 1. The van der Waals surface area contributed by atoms with Gasteiger partial charge < -0.3 is 4.57 Å². The zero-order valence-electron chi connectivity index (χ0n) is 7.78. The molecule has 72 valence electrons. The minimum atomic E-state index is 0.218. The topological polar surface area (TPSA) is 47.8 Å². The van der Waals surface area contributed by atoms with Gasteiger partial charge in [-0.15, -0.1) is 0 Å². The molecule has 4 nitrogen and oxygen atoms in total. The first-order chi connectivity index (χ1) is 6.63. The van der Waals surface area contributed by atoms with Gasteiger partial charge in [-0.3, -0.25) is 4.79 Å². The van der Waals surface area contributed by atoms with Gasteiger partial charge in [0.1, 0.15) is 16.5 Å². The summed E-state index contributed by atoms with van der Waals surface area (Å²) < 4.78 is 1.83. The number of aldehydes is 1. The van der Waals surface area contributed by atoms with Crippen LogP contribution in [0.4, 0.5) is 0 Å². The number of fused-ring (bicyclic) bond motifs is 1. The minimum Gasteiger partial charge on any atom is -0.316 e. The lowest BCUT2D eigenvalue weighted by Crippen LogP contribution is -1.94. The van der Waals surface area contributed by atoms with Crippen LogP contribution in [0.3, 0.4) is 0 Å². The third-order valence-corrected chi connectivity index (χ3v) is 2.48. The fraction of sp³-hybridized carbons (Fsp3) is 0.222. The number of aromatic nitrogens is 3. The van der Waals surface area contributed by atoms with Crippen LogP contribution in [0.25, 0.3) is 11.2 Å². The largest absolute Gasteiger partial charge is 0.316 e. The molecular weight excluding hydrogens is 202 g/mol. The predicted molar refractivity (Wildman–Crippen MR) is 53.6 cm³/mol. The maximum absolute atomic E-state index is 10.6. The first-order valence-corrected chi connectivity index (χ1v) is 4.46.